The lowest BCUT2D eigenvalue weighted by atomic mass is 10.1. The van der Waals surface area contributed by atoms with Crippen LogP contribution >= 0.6 is 27.5 Å². The topological polar surface area (TPSA) is 69.1 Å². The second-order valence-electron chi connectivity index (χ2n) is 5.39. The number of aryl methyl sites for hydroxylation is 2. The summed E-state index contributed by atoms with van der Waals surface area (Å²) in [6.07, 6.45) is 3.40. The fourth-order valence-electron chi connectivity index (χ4n) is 2.55. The van der Waals surface area contributed by atoms with Crippen molar-refractivity contribution in [3.8, 4) is 22.8 Å². The fraction of sp³-hybridized carbons (Fsp3) is 0.125. The zero-order valence-corrected chi connectivity index (χ0v) is 15.1. The van der Waals surface area contributed by atoms with Gasteiger partial charge in [-0.25, -0.2) is 9.50 Å². The summed E-state index contributed by atoms with van der Waals surface area (Å²) in [6, 6.07) is 5.65. The third kappa shape index (κ3) is 2.40. The van der Waals surface area contributed by atoms with Crippen LogP contribution in [0.5, 0.6) is 0 Å². The molecule has 1 aromatic carbocycles. The summed E-state index contributed by atoms with van der Waals surface area (Å²) in [7, 11) is 0. The lowest BCUT2D eigenvalue weighted by Crippen LogP contribution is -1.98. The minimum atomic E-state index is 0.371. The van der Waals surface area contributed by atoms with Gasteiger partial charge in [-0.2, -0.15) is 10.1 Å². The molecule has 0 atom stereocenters. The van der Waals surface area contributed by atoms with Gasteiger partial charge in [-0.05, 0) is 47.5 Å². The summed E-state index contributed by atoms with van der Waals surface area (Å²) in [4.78, 5) is 8.83. The lowest BCUT2D eigenvalue weighted by Gasteiger charge is -2.04. The molecular weight excluding hydrogens is 394 g/mol. The molecule has 0 saturated carbocycles. The van der Waals surface area contributed by atoms with E-state index in [0.717, 1.165) is 26.9 Å². The van der Waals surface area contributed by atoms with Crippen LogP contribution in [0, 0.1) is 13.8 Å². The highest BCUT2D eigenvalue weighted by Crippen LogP contribution is 2.35. The monoisotopic (exact) mass is 403 g/mol. The van der Waals surface area contributed by atoms with Gasteiger partial charge in [-0.1, -0.05) is 16.8 Å². The fourth-order valence-corrected chi connectivity index (χ4v) is 3.77. The Bertz CT molecular complexity index is 1050. The Balaban J connectivity index is 1.84. The van der Waals surface area contributed by atoms with E-state index < -0.39 is 0 Å². The van der Waals surface area contributed by atoms with Crippen LogP contribution in [0.15, 0.2) is 39.6 Å². The molecule has 6 nitrogen and oxygen atoms in total. The van der Waals surface area contributed by atoms with Crippen LogP contribution in [-0.4, -0.2) is 24.7 Å². The van der Waals surface area contributed by atoms with Crippen molar-refractivity contribution in [2.45, 2.75) is 13.8 Å². The van der Waals surface area contributed by atoms with Crippen LogP contribution in [0.3, 0.4) is 0 Å². The van der Waals surface area contributed by atoms with Gasteiger partial charge in [0.1, 0.15) is 0 Å². The number of nitrogens with zero attached hydrogens (tertiary/aromatic N) is 5. The first kappa shape index (κ1) is 15.3. The van der Waals surface area contributed by atoms with Crippen molar-refractivity contribution >= 4 is 33.2 Å². The van der Waals surface area contributed by atoms with Gasteiger partial charge in [0.2, 0.25) is 5.82 Å². The van der Waals surface area contributed by atoms with Crippen molar-refractivity contribution in [1.82, 2.24) is 24.7 Å². The molecule has 8 heteroatoms. The van der Waals surface area contributed by atoms with E-state index in [2.05, 4.69) is 36.2 Å². The number of benzene rings is 1. The van der Waals surface area contributed by atoms with E-state index in [1.54, 1.807) is 16.9 Å². The third-order valence-electron chi connectivity index (χ3n) is 3.72. The minimum Gasteiger partial charge on any atom is -0.333 e. The highest BCUT2D eigenvalue weighted by atomic mass is 79.9. The van der Waals surface area contributed by atoms with Gasteiger partial charge in [0.15, 0.2) is 5.65 Å². The van der Waals surface area contributed by atoms with Crippen LogP contribution in [0.2, 0.25) is 5.02 Å². The van der Waals surface area contributed by atoms with E-state index >= 15 is 0 Å². The van der Waals surface area contributed by atoms with Crippen LogP contribution in [0.25, 0.3) is 28.5 Å². The SMILES string of the molecule is Cc1cc(Cl)c(-c2noc(-c3cnc4ccnn4c3C)n2)c(Br)c1. The number of halogens is 2. The van der Waals surface area contributed by atoms with E-state index in [9.17, 15) is 0 Å². The van der Waals surface area contributed by atoms with Crippen molar-refractivity contribution < 1.29 is 4.52 Å². The average Bonchev–Trinajstić information content (AvgIpc) is 3.16. The summed E-state index contributed by atoms with van der Waals surface area (Å²) >= 11 is 9.85. The first-order valence-corrected chi connectivity index (χ1v) is 8.31. The Labute approximate surface area is 150 Å². The molecule has 4 aromatic rings. The highest BCUT2D eigenvalue weighted by molar-refractivity contribution is 9.10. The Morgan fingerprint density at radius 2 is 2.08 bits per heavy atom. The van der Waals surface area contributed by atoms with Crippen LogP contribution in [0.1, 0.15) is 11.3 Å². The molecule has 4 rings (SSSR count). The van der Waals surface area contributed by atoms with E-state index in [0.29, 0.717) is 22.3 Å². The summed E-state index contributed by atoms with van der Waals surface area (Å²) in [5, 5.41) is 8.87. The molecule has 0 radical (unpaired) electrons. The van der Waals surface area contributed by atoms with E-state index in [-0.39, 0.29) is 0 Å². The molecule has 0 aliphatic rings. The molecule has 0 fully saturated rings. The molecule has 120 valence electrons. The molecule has 0 unspecified atom stereocenters. The molecule has 0 spiro atoms. The Hall–Kier alpha value is -2.25. The predicted octanol–water partition coefficient (Wildman–Crippen LogP) is 4.48. The summed E-state index contributed by atoms with van der Waals surface area (Å²) < 4.78 is 7.98. The zero-order valence-electron chi connectivity index (χ0n) is 12.8. The normalized spacial score (nSPS) is 11.3. The maximum atomic E-state index is 6.34. The van der Waals surface area contributed by atoms with Gasteiger partial charge >= 0.3 is 0 Å². The van der Waals surface area contributed by atoms with Crippen LogP contribution < -0.4 is 0 Å². The molecule has 0 amide bonds. The highest BCUT2D eigenvalue weighted by Gasteiger charge is 2.19. The van der Waals surface area contributed by atoms with E-state index in [4.69, 9.17) is 16.1 Å². The van der Waals surface area contributed by atoms with Crippen molar-refractivity contribution in [3.63, 3.8) is 0 Å². The largest absolute Gasteiger partial charge is 0.333 e. The lowest BCUT2D eigenvalue weighted by molar-refractivity contribution is 0.431. The first-order valence-electron chi connectivity index (χ1n) is 7.14. The van der Waals surface area contributed by atoms with Gasteiger partial charge < -0.3 is 4.52 Å². The molecule has 3 aromatic heterocycles. The van der Waals surface area contributed by atoms with Crippen molar-refractivity contribution in [2.24, 2.45) is 0 Å². The minimum absolute atomic E-state index is 0.371. The number of aromatic nitrogens is 5. The summed E-state index contributed by atoms with van der Waals surface area (Å²) in [5.74, 6) is 0.790. The number of fused-ring (bicyclic) bond motifs is 1. The molecule has 0 saturated heterocycles. The zero-order chi connectivity index (χ0) is 16.8. The summed E-state index contributed by atoms with van der Waals surface area (Å²) in [6.45, 7) is 3.89. The second kappa shape index (κ2) is 5.68. The molecule has 0 N–H and O–H groups in total. The second-order valence-corrected chi connectivity index (χ2v) is 6.65. The van der Waals surface area contributed by atoms with E-state index in [1.165, 1.54) is 0 Å². The van der Waals surface area contributed by atoms with E-state index in [1.807, 2.05) is 32.0 Å². The van der Waals surface area contributed by atoms with Crippen LogP contribution in [0.4, 0.5) is 0 Å². The summed E-state index contributed by atoms with van der Waals surface area (Å²) in [5.41, 5.74) is 4.10. The average molecular weight is 405 g/mol. The van der Waals surface area contributed by atoms with Gasteiger partial charge in [-0.3, -0.25) is 0 Å². The molecular formula is C16H11BrClN5O. The molecule has 0 bridgehead atoms. The standard InChI is InChI=1S/C16H11BrClN5O/c1-8-5-11(17)14(12(18)6-8)15-21-16(24-22-15)10-7-19-13-3-4-20-23(13)9(10)2/h3-7H,1-2H3. The Morgan fingerprint density at radius 3 is 2.88 bits per heavy atom. The van der Waals surface area contributed by atoms with Crippen LogP contribution in [-0.2, 0) is 0 Å². The van der Waals surface area contributed by atoms with Crippen molar-refractivity contribution in [1.29, 1.82) is 0 Å². The van der Waals surface area contributed by atoms with Gasteiger partial charge in [0.25, 0.3) is 5.89 Å². The number of rotatable bonds is 2. The Morgan fingerprint density at radius 1 is 1.25 bits per heavy atom. The maximum absolute atomic E-state index is 6.34. The van der Waals surface area contributed by atoms with Crippen molar-refractivity contribution in [2.75, 3.05) is 0 Å². The number of hydrogen-bond donors (Lipinski definition) is 0. The van der Waals surface area contributed by atoms with Crippen molar-refractivity contribution in [3.05, 3.63) is 51.3 Å². The number of hydrogen-bond acceptors (Lipinski definition) is 5. The quantitative estimate of drug-likeness (QED) is 0.493. The predicted molar refractivity (Wildman–Crippen MR) is 93.9 cm³/mol. The first-order chi connectivity index (χ1) is 11.5. The maximum Gasteiger partial charge on any atom is 0.261 e. The molecule has 3 heterocycles. The molecule has 0 aliphatic carbocycles. The third-order valence-corrected chi connectivity index (χ3v) is 4.65. The van der Waals surface area contributed by atoms with Gasteiger partial charge in [-0.15, -0.1) is 0 Å². The van der Waals surface area contributed by atoms with Gasteiger partial charge in [0.05, 0.1) is 28.0 Å². The van der Waals surface area contributed by atoms with Gasteiger partial charge in [0, 0.05) is 16.7 Å². The molecule has 0 aliphatic heterocycles. The molecule has 24 heavy (non-hydrogen) atoms. The smallest absolute Gasteiger partial charge is 0.261 e. The Kier molecular flexibility index (Phi) is 3.62.